The Morgan fingerprint density at radius 2 is 1.82 bits per heavy atom. The number of pyridine rings is 1. The predicted molar refractivity (Wildman–Crippen MR) is 102 cm³/mol. The molecule has 4 heterocycles. The predicted octanol–water partition coefficient (Wildman–Crippen LogP) is 2.74. The summed E-state index contributed by atoms with van der Waals surface area (Å²) in [6.45, 7) is 2.52. The van der Waals surface area contributed by atoms with E-state index in [-0.39, 0.29) is 11.4 Å². The second-order valence-corrected chi connectivity index (χ2v) is 6.94. The molecule has 0 fully saturated rings. The fourth-order valence-electron chi connectivity index (χ4n) is 3.56. The Balaban J connectivity index is 1.39. The maximum atomic E-state index is 12.4. The van der Waals surface area contributed by atoms with Crippen molar-refractivity contribution in [1.29, 1.82) is 0 Å². The first-order valence-corrected chi connectivity index (χ1v) is 9.31. The van der Waals surface area contributed by atoms with E-state index >= 15 is 0 Å². The van der Waals surface area contributed by atoms with Crippen LogP contribution in [0.5, 0.6) is 0 Å². The van der Waals surface area contributed by atoms with Crippen LogP contribution in [-0.2, 0) is 35.5 Å². The highest BCUT2D eigenvalue weighted by Crippen LogP contribution is 2.21. The van der Waals surface area contributed by atoms with Gasteiger partial charge in [-0.3, -0.25) is 4.79 Å². The van der Waals surface area contributed by atoms with Gasteiger partial charge in [-0.05, 0) is 46.9 Å². The summed E-state index contributed by atoms with van der Waals surface area (Å²) < 4.78 is 16.3. The average Bonchev–Trinajstić information content (AvgIpc) is 3.20. The van der Waals surface area contributed by atoms with E-state index in [1.54, 1.807) is 12.1 Å². The SMILES string of the molecule is O=c1[nH]c2c(cc1-c1noc(/C=C/c3ccc4c(c3)COCC4)n1)COCC2. The van der Waals surface area contributed by atoms with Crippen molar-refractivity contribution in [2.45, 2.75) is 26.1 Å². The van der Waals surface area contributed by atoms with Crippen molar-refractivity contribution in [2.75, 3.05) is 13.2 Å². The van der Waals surface area contributed by atoms with Crippen molar-refractivity contribution >= 4 is 12.2 Å². The number of rotatable bonds is 3. The summed E-state index contributed by atoms with van der Waals surface area (Å²) in [6.07, 6.45) is 5.32. The van der Waals surface area contributed by atoms with Crippen molar-refractivity contribution in [3.63, 3.8) is 0 Å². The fraction of sp³-hybridized carbons (Fsp3) is 0.286. The van der Waals surface area contributed by atoms with E-state index in [2.05, 4.69) is 33.3 Å². The van der Waals surface area contributed by atoms with E-state index in [1.807, 2.05) is 6.08 Å². The standard InChI is InChI=1S/C21H19N3O4/c25-21-17(10-16-12-27-8-6-18(16)22-21)20-23-19(28-24-20)4-2-13-1-3-14-5-7-26-11-15(14)9-13/h1-4,9-10H,5-8,11-12H2,(H,22,25)/b4-2+. The molecule has 2 aliphatic rings. The Kier molecular flexibility index (Phi) is 4.38. The largest absolute Gasteiger partial charge is 0.376 e. The average molecular weight is 377 g/mol. The van der Waals surface area contributed by atoms with Gasteiger partial charge in [0.05, 0.1) is 32.0 Å². The van der Waals surface area contributed by atoms with Crippen LogP contribution < -0.4 is 5.56 Å². The number of H-pyrrole nitrogens is 1. The molecule has 7 nitrogen and oxygen atoms in total. The van der Waals surface area contributed by atoms with E-state index < -0.39 is 0 Å². The number of aromatic amines is 1. The van der Waals surface area contributed by atoms with E-state index in [4.69, 9.17) is 14.0 Å². The molecule has 28 heavy (non-hydrogen) atoms. The lowest BCUT2D eigenvalue weighted by Gasteiger charge is -2.16. The first-order valence-electron chi connectivity index (χ1n) is 9.31. The van der Waals surface area contributed by atoms with Gasteiger partial charge >= 0.3 is 0 Å². The number of hydrogen-bond acceptors (Lipinski definition) is 6. The molecule has 0 spiro atoms. The molecule has 5 rings (SSSR count). The van der Waals surface area contributed by atoms with Gasteiger partial charge in [0, 0.05) is 18.2 Å². The number of fused-ring (bicyclic) bond motifs is 2. The highest BCUT2D eigenvalue weighted by Gasteiger charge is 2.17. The molecule has 0 atom stereocenters. The maximum absolute atomic E-state index is 12.4. The lowest BCUT2D eigenvalue weighted by Crippen LogP contribution is -2.19. The quantitative estimate of drug-likeness (QED) is 0.755. The number of benzene rings is 1. The zero-order valence-corrected chi connectivity index (χ0v) is 15.2. The number of aromatic nitrogens is 3. The van der Waals surface area contributed by atoms with Crippen LogP contribution in [-0.4, -0.2) is 28.3 Å². The van der Waals surface area contributed by atoms with E-state index in [0.717, 1.165) is 29.8 Å². The summed E-state index contributed by atoms with van der Waals surface area (Å²) >= 11 is 0. The minimum atomic E-state index is -0.216. The molecule has 142 valence electrons. The third-order valence-electron chi connectivity index (χ3n) is 5.07. The Labute approximate surface area is 161 Å². The third kappa shape index (κ3) is 3.30. The van der Waals surface area contributed by atoms with Crippen LogP contribution in [0.3, 0.4) is 0 Å². The highest BCUT2D eigenvalue weighted by molar-refractivity contribution is 5.67. The normalized spacial score (nSPS) is 16.1. The van der Waals surface area contributed by atoms with Gasteiger partial charge in [0.25, 0.3) is 11.4 Å². The summed E-state index contributed by atoms with van der Waals surface area (Å²) in [5.41, 5.74) is 5.62. The van der Waals surface area contributed by atoms with Crippen LogP contribution in [0.15, 0.2) is 33.6 Å². The number of nitrogens with one attached hydrogen (secondary N) is 1. The topological polar surface area (TPSA) is 90.2 Å². The van der Waals surface area contributed by atoms with Crippen molar-refractivity contribution < 1.29 is 14.0 Å². The molecular formula is C21H19N3O4. The van der Waals surface area contributed by atoms with Crippen LogP contribution in [0.1, 0.15) is 33.8 Å². The monoisotopic (exact) mass is 377 g/mol. The van der Waals surface area contributed by atoms with Gasteiger partial charge in [-0.25, -0.2) is 0 Å². The van der Waals surface area contributed by atoms with Gasteiger partial charge in [0.1, 0.15) is 0 Å². The van der Waals surface area contributed by atoms with Crippen LogP contribution in [0.2, 0.25) is 0 Å². The number of hydrogen-bond donors (Lipinski definition) is 1. The minimum absolute atomic E-state index is 0.216. The van der Waals surface area contributed by atoms with Crippen molar-refractivity contribution in [3.05, 3.63) is 68.5 Å². The van der Waals surface area contributed by atoms with E-state index in [9.17, 15) is 4.79 Å². The lowest BCUT2D eigenvalue weighted by atomic mass is 10.0. The Hall–Kier alpha value is -3.03. The molecule has 2 aromatic heterocycles. The molecule has 1 aromatic carbocycles. The molecule has 1 N–H and O–H groups in total. The Morgan fingerprint density at radius 1 is 0.964 bits per heavy atom. The molecule has 3 aromatic rings. The van der Waals surface area contributed by atoms with Crippen LogP contribution >= 0.6 is 0 Å². The second-order valence-electron chi connectivity index (χ2n) is 6.94. The molecule has 7 heteroatoms. The zero-order valence-electron chi connectivity index (χ0n) is 15.2. The van der Waals surface area contributed by atoms with Crippen molar-refractivity contribution in [1.82, 2.24) is 15.1 Å². The summed E-state index contributed by atoms with van der Waals surface area (Å²) in [7, 11) is 0. The summed E-state index contributed by atoms with van der Waals surface area (Å²) in [5.74, 6) is 0.616. The second kappa shape index (κ2) is 7.18. The molecule has 0 bridgehead atoms. The highest BCUT2D eigenvalue weighted by atomic mass is 16.5. The van der Waals surface area contributed by atoms with Crippen LogP contribution in [0.25, 0.3) is 23.5 Å². The molecule has 2 aliphatic heterocycles. The van der Waals surface area contributed by atoms with Gasteiger partial charge < -0.3 is 19.0 Å². The summed E-state index contributed by atoms with van der Waals surface area (Å²) in [5, 5.41) is 3.96. The van der Waals surface area contributed by atoms with Gasteiger partial charge in [-0.1, -0.05) is 17.3 Å². The summed E-state index contributed by atoms with van der Waals surface area (Å²) in [4.78, 5) is 19.6. The molecule has 0 saturated carbocycles. The minimum Gasteiger partial charge on any atom is -0.376 e. The molecular weight excluding hydrogens is 358 g/mol. The molecule has 0 radical (unpaired) electrons. The Bertz CT molecular complexity index is 1110. The van der Waals surface area contributed by atoms with Crippen molar-refractivity contribution in [3.8, 4) is 11.4 Å². The lowest BCUT2D eigenvalue weighted by molar-refractivity contribution is 0.109. The van der Waals surface area contributed by atoms with Gasteiger partial charge in [-0.2, -0.15) is 4.98 Å². The third-order valence-corrected chi connectivity index (χ3v) is 5.07. The van der Waals surface area contributed by atoms with Crippen LogP contribution in [0.4, 0.5) is 0 Å². The van der Waals surface area contributed by atoms with Gasteiger partial charge in [0.2, 0.25) is 5.82 Å². The first-order chi connectivity index (χ1) is 13.8. The molecule has 0 unspecified atom stereocenters. The molecule has 0 amide bonds. The van der Waals surface area contributed by atoms with Crippen LogP contribution in [0, 0.1) is 0 Å². The van der Waals surface area contributed by atoms with Gasteiger partial charge in [0.15, 0.2) is 0 Å². The maximum Gasteiger partial charge on any atom is 0.259 e. The first kappa shape index (κ1) is 17.1. The van der Waals surface area contributed by atoms with E-state index in [1.165, 1.54) is 11.1 Å². The molecule has 0 saturated heterocycles. The number of nitrogens with zero attached hydrogens (tertiary/aromatic N) is 2. The zero-order chi connectivity index (χ0) is 18.9. The van der Waals surface area contributed by atoms with Crippen molar-refractivity contribution in [2.24, 2.45) is 0 Å². The number of ether oxygens (including phenoxy) is 2. The Morgan fingerprint density at radius 3 is 2.75 bits per heavy atom. The van der Waals surface area contributed by atoms with Gasteiger partial charge in [-0.15, -0.1) is 0 Å². The summed E-state index contributed by atoms with van der Waals surface area (Å²) in [6, 6.07) is 8.09. The van der Waals surface area contributed by atoms with E-state index in [0.29, 0.717) is 37.7 Å². The molecule has 0 aliphatic carbocycles. The smallest absolute Gasteiger partial charge is 0.259 e. The fourth-order valence-corrected chi connectivity index (χ4v) is 3.56.